The maximum absolute atomic E-state index is 5.26. The zero-order valence-corrected chi connectivity index (χ0v) is 10.6. The first-order valence-electron chi connectivity index (χ1n) is 6.42. The molecule has 19 heavy (non-hydrogen) atoms. The number of nitrogens with zero attached hydrogens (tertiary/aromatic N) is 3. The second kappa shape index (κ2) is 3.85. The van der Waals surface area contributed by atoms with Crippen LogP contribution in [0.1, 0.15) is 24.6 Å². The van der Waals surface area contributed by atoms with Crippen LogP contribution in [0.2, 0.25) is 0 Å². The van der Waals surface area contributed by atoms with Crippen molar-refractivity contribution in [3.05, 3.63) is 36.4 Å². The number of H-pyrrole nitrogens is 1. The molecule has 1 saturated carbocycles. The van der Waals surface area contributed by atoms with E-state index in [1.807, 2.05) is 18.5 Å². The standard InChI is InChI=1S/C14H14N4O/c1-19-13-8-18(14(16-13)9-2-3-9)11-4-5-12-10(6-11)7-15-17-12/h4-9H,2-3H2,1H3,(H,15,17). The molecule has 0 radical (unpaired) electrons. The summed E-state index contributed by atoms with van der Waals surface area (Å²) in [6, 6.07) is 6.24. The van der Waals surface area contributed by atoms with Crippen molar-refractivity contribution in [3.8, 4) is 11.6 Å². The number of aromatic nitrogens is 4. The van der Waals surface area contributed by atoms with Gasteiger partial charge in [-0.2, -0.15) is 10.1 Å². The molecule has 0 atom stereocenters. The van der Waals surface area contributed by atoms with Crippen molar-refractivity contribution in [3.63, 3.8) is 0 Å². The molecule has 0 aliphatic heterocycles. The highest BCUT2D eigenvalue weighted by Crippen LogP contribution is 2.41. The number of rotatable bonds is 3. The molecule has 0 bridgehead atoms. The highest BCUT2D eigenvalue weighted by atomic mass is 16.5. The summed E-state index contributed by atoms with van der Waals surface area (Å²) in [6.45, 7) is 0. The van der Waals surface area contributed by atoms with Gasteiger partial charge in [0, 0.05) is 17.0 Å². The minimum Gasteiger partial charge on any atom is -0.480 e. The van der Waals surface area contributed by atoms with E-state index in [0.717, 1.165) is 22.4 Å². The van der Waals surface area contributed by atoms with E-state index in [9.17, 15) is 0 Å². The zero-order chi connectivity index (χ0) is 12.8. The molecule has 96 valence electrons. The summed E-state index contributed by atoms with van der Waals surface area (Å²) >= 11 is 0. The van der Waals surface area contributed by atoms with E-state index in [1.54, 1.807) is 7.11 Å². The summed E-state index contributed by atoms with van der Waals surface area (Å²) in [6.07, 6.45) is 6.22. The third-order valence-corrected chi connectivity index (χ3v) is 3.56. The van der Waals surface area contributed by atoms with Crippen molar-refractivity contribution >= 4 is 10.9 Å². The van der Waals surface area contributed by atoms with Crippen molar-refractivity contribution in [2.45, 2.75) is 18.8 Å². The van der Waals surface area contributed by atoms with E-state index in [0.29, 0.717) is 11.8 Å². The van der Waals surface area contributed by atoms with Crippen LogP contribution in [0.15, 0.2) is 30.6 Å². The van der Waals surface area contributed by atoms with Gasteiger partial charge in [-0.3, -0.25) is 9.67 Å². The lowest BCUT2D eigenvalue weighted by Gasteiger charge is -2.06. The molecule has 1 aliphatic rings. The smallest absolute Gasteiger partial charge is 0.232 e. The van der Waals surface area contributed by atoms with Crippen molar-refractivity contribution in [1.82, 2.24) is 19.7 Å². The lowest BCUT2D eigenvalue weighted by molar-refractivity contribution is 0.399. The van der Waals surface area contributed by atoms with Gasteiger partial charge in [0.1, 0.15) is 5.82 Å². The number of fused-ring (bicyclic) bond motifs is 1. The Morgan fingerprint density at radius 2 is 2.26 bits per heavy atom. The van der Waals surface area contributed by atoms with Crippen LogP contribution in [0.4, 0.5) is 0 Å². The zero-order valence-electron chi connectivity index (χ0n) is 10.6. The van der Waals surface area contributed by atoms with E-state index in [-0.39, 0.29) is 0 Å². The Morgan fingerprint density at radius 1 is 1.37 bits per heavy atom. The monoisotopic (exact) mass is 254 g/mol. The summed E-state index contributed by atoms with van der Waals surface area (Å²) in [7, 11) is 1.66. The Balaban J connectivity index is 1.87. The average molecular weight is 254 g/mol. The van der Waals surface area contributed by atoms with Crippen LogP contribution in [0.5, 0.6) is 5.88 Å². The van der Waals surface area contributed by atoms with Gasteiger partial charge in [0.25, 0.3) is 0 Å². The predicted molar refractivity (Wildman–Crippen MR) is 71.7 cm³/mol. The molecule has 5 nitrogen and oxygen atoms in total. The fourth-order valence-electron chi connectivity index (χ4n) is 2.39. The normalized spacial score (nSPS) is 15.0. The molecule has 1 N–H and O–H groups in total. The number of hydrogen-bond donors (Lipinski definition) is 1. The van der Waals surface area contributed by atoms with Crippen molar-refractivity contribution in [1.29, 1.82) is 0 Å². The lowest BCUT2D eigenvalue weighted by Crippen LogP contribution is -1.98. The van der Waals surface area contributed by atoms with Gasteiger partial charge in [-0.25, -0.2) is 0 Å². The van der Waals surface area contributed by atoms with Crippen LogP contribution in [0.3, 0.4) is 0 Å². The second-order valence-electron chi connectivity index (χ2n) is 4.93. The van der Waals surface area contributed by atoms with Gasteiger partial charge in [-0.1, -0.05) is 0 Å². The Labute approximate surface area is 110 Å². The second-order valence-corrected chi connectivity index (χ2v) is 4.93. The molecule has 0 amide bonds. The Bertz CT molecular complexity index is 739. The molecule has 1 aliphatic carbocycles. The molecule has 2 aromatic heterocycles. The summed E-state index contributed by atoms with van der Waals surface area (Å²) in [5.74, 6) is 2.35. The first-order valence-corrected chi connectivity index (χ1v) is 6.42. The van der Waals surface area contributed by atoms with Gasteiger partial charge in [0.05, 0.1) is 25.0 Å². The third kappa shape index (κ3) is 1.69. The quantitative estimate of drug-likeness (QED) is 0.781. The fraction of sp³-hybridized carbons (Fsp3) is 0.286. The minimum absolute atomic E-state index is 0.573. The number of methoxy groups -OCH3 is 1. The topological polar surface area (TPSA) is 55.7 Å². The molecular formula is C14H14N4O. The molecule has 0 unspecified atom stereocenters. The SMILES string of the molecule is COc1cn(-c2ccc3[nH]ncc3c2)c(C2CC2)n1. The first-order chi connectivity index (χ1) is 9.35. The molecule has 0 spiro atoms. The lowest BCUT2D eigenvalue weighted by atomic mass is 10.2. The third-order valence-electron chi connectivity index (χ3n) is 3.56. The summed E-state index contributed by atoms with van der Waals surface area (Å²) in [5, 5.41) is 8.12. The Kier molecular flexibility index (Phi) is 2.15. The average Bonchev–Trinajstić information content (AvgIpc) is 3.03. The highest BCUT2D eigenvalue weighted by Gasteiger charge is 2.29. The highest BCUT2D eigenvalue weighted by molar-refractivity contribution is 5.80. The molecule has 1 fully saturated rings. The maximum atomic E-state index is 5.26. The van der Waals surface area contributed by atoms with E-state index in [2.05, 4.69) is 31.9 Å². The first kappa shape index (κ1) is 10.6. The summed E-state index contributed by atoms with van der Waals surface area (Å²) in [4.78, 5) is 4.55. The molecule has 3 aromatic rings. The van der Waals surface area contributed by atoms with E-state index < -0.39 is 0 Å². The number of aromatic amines is 1. The van der Waals surface area contributed by atoms with Gasteiger partial charge in [-0.05, 0) is 31.0 Å². The maximum Gasteiger partial charge on any atom is 0.232 e. The molecule has 1 aromatic carbocycles. The van der Waals surface area contributed by atoms with Gasteiger partial charge < -0.3 is 4.74 Å². The minimum atomic E-state index is 0.573. The predicted octanol–water partition coefficient (Wildman–Crippen LogP) is 2.63. The number of ether oxygens (including phenoxy) is 1. The van der Waals surface area contributed by atoms with E-state index >= 15 is 0 Å². The summed E-state index contributed by atoms with van der Waals surface area (Å²) in [5.41, 5.74) is 2.15. The number of nitrogens with one attached hydrogen (secondary N) is 1. The number of imidazole rings is 1. The molecular weight excluding hydrogens is 240 g/mol. The van der Waals surface area contributed by atoms with Crippen LogP contribution in [-0.4, -0.2) is 26.9 Å². The van der Waals surface area contributed by atoms with E-state index in [4.69, 9.17) is 4.74 Å². The van der Waals surface area contributed by atoms with Gasteiger partial charge in [0.2, 0.25) is 5.88 Å². The number of hydrogen-bond acceptors (Lipinski definition) is 3. The van der Waals surface area contributed by atoms with Crippen LogP contribution >= 0.6 is 0 Å². The number of benzene rings is 1. The van der Waals surface area contributed by atoms with E-state index in [1.165, 1.54) is 12.8 Å². The molecule has 2 heterocycles. The molecule has 0 saturated heterocycles. The van der Waals surface area contributed by atoms with Crippen molar-refractivity contribution in [2.24, 2.45) is 0 Å². The van der Waals surface area contributed by atoms with Crippen LogP contribution in [0.25, 0.3) is 16.6 Å². The Hall–Kier alpha value is -2.30. The molecule has 4 rings (SSSR count). The Morgan fingerprint density at radius 3 is 3.05 bits per heavy atom. The van der Waals surface area contributed by atoms with Crippen molar-refractivity contribution < 1.29 is 4.74 Å². The summed E-state index contributed by atoms with van der Waals surface area (Å²) < 4.78 is 7.38. The van der Waals surface area contributed by atoms with Gasteiger partial charge in [-0.15, -0.1) is 0 Å². The van der Waals surface area contributed by atoms with Gasteiger partial charge >= 0.3 is 0 Å². The van der Waals surface area contributed by atoms with Crippen LogP contribution in [0, 0.1) is 0 Å². The van der Waals surface area contributed by atoms with Crippen molar-refractivity contribution in [2.75, 3.05) is 7.11 Å². The van der Waals surface area contributed by atoms with Crippen LogP contribution < -0.4 is 4.74 Å². The van der Waals surface area contributed by atoms with Crippen LogP contribution in [-0.2, 0) is 0 Å². The molecule has 5 heteroatoms. The fourth-order valence-corrected chi connectivity index (χ4v) is 2.39. The van der Waals surface area contributed by atoms with Gasteiger partial charge in [0.15, 0.2) is 0 Å². The largest absolute Gasteiger partial charge is 0.480 e.